The summed E-state index contributed by atoms with van der Waals surface area (Å²) in [4.78, 5) is 11.0. The van der Waals surface area contributed by atoms with E-state index < -0.39 is 5.97 Å². The zero-order valence-corrected chi connectivity index (χ0v) is 8.46. The molecule has 1 N–H and O–H groups in total. The van der Waals surface area contributed by atoms with E-state index in [0.717, 1.165) is 25.7 Å². The molecule has 0 aromatic carbocycles. The van der Waals surface area contributed by atoms with Gasteiger partial charge in [-0.15, -0.1) is 0 Å². The number of carboxylic acids is 1. The Balaban J connectivity index is 2.55. The second-order valence-corrected chi connectivity index (χ2v) is 4.10. The van der Waals surface area contributed by atoms with Crippen molar-refractivity contribution in [1.29, 1.82) is 0 Å². The summed E-state index contributed by atoms with van der Waals surface area (Å²) in [6, 6.07) is 0. The van der Waals surface area contributed by atoms with Crippen LogP contribution in [-0.2, 0) is 4.79 Å². The van der Waals surface area contributed by atoms with Gasteiger partial charge in [0.1, 0.15) is 0 Å². The van der Waals surface area contributed by atoms with Crippen molar-refractivity contribution in [2.75, 3.05) is 0 Å². The molecule has 0 aliphatic heterocycles. The summed E-state index contributed by atoms with van der Waals surface area (Å²) in [5.41, 5.74) is 0. The first-order valence-corrected chi connectivity index (χ1v) is 5.48. The van der Waals surface area contributed by atoms with Gasteiger partial charge in [-0.25, -0.2) is 0 Å². The highest BCUT2D eigenvalue weighted by Crippen LogP contribution is 2.30. The van der Waals surface area contributed by atoms with E-state index in [0.29, 0.717) is 5.92 Å². The minimum Gasteiger partial charge on any atom is -0.481 e. The van der Waals surface area contributed by atoms with E-state index in [1.54, 1.807) is 0 Å². The van der Waals surface area contributed by atoms with Crippen LogP contribution in [-0.4, -0.2) is 11.1 Å². The molecule has 76 valence electrons. The lowest BCUT2D eigenvalue weighted by Gasteiger charge is -2.24. The molecule has 0 amide bonds. The molecule has 0 radical (unpaired) electrons. The third-order valence-electron chi connectivity index (χ3n) is 3.25. The van der Waals surface area contributed by atoms with Crippen molar-refractivity contribution in [3.05, 3.63) is 0 Å². The number of hydrogen-bond donors (Lipinski definition) is 1. The first-order valence-electron chi connectivity index (χ1n) is 5.48. The number of aliphatic carboxylic acids is 1. The third-order valence-corrected chi connectivity index (χ3v) is 3.25. The number of hydrogen-bond acceptors (Lipinski definition) is 1. The molecule has 0 aromatic rings. The fourth-order valence-corrected chi connectivity index (χ4v) is 2.37. The molecule has 13 heavy (non-hydrogen) atoms. The minimum absolute atomic E-state index is 0.0645. The maximum atomic E-state index is 11.0. The van der Waals surface area contributed by atoms with Crippen molar-refractivity contribution >= 4 is 5.97 Å². The number of rotatable bonds is 2. The highest BCUT2D eigenvalue weighted by atomic mass is 16.4. The van der Waals surface area contributed by atoms with Crippen molar-refractivity contribution in [2.45, 2.75) is 51.9 Å². The van der Waals surface area contributed by atoms with Gasteiger partial charge in [-0.3, -0.25) is 4.79 Å². The van der Waals surface area contributed by atoms with Crippen LogP contribution < -0.4 is 0 Å². The molecule has 2 nitrogen and oxygen atoms in total. The normalized spacial score (nSPS) is 30.5. The number of carboxylic acid groups (broad SMARTS) is 1. The topological polar surface area (TPSA) is 37.3 Å². The van der Waals surface area contributed by atoms with Crippen molar-refractivity contribution in [2.24, 2.45) is 11.8 Å². The first kappa shape index (κ1) is 10.6. The molecular weight excluding hydrogens is 164 g/mol. The van der Waals surface area contributed by atoms with Crippen LogP contribution in [0.3, 0.4) is 0 Å². The van der Waals surface area contributed by atoms with E-state index in [9.17, 15) is 4.79 Å². The van der Waals surface area contributed by atoms with Crippen LogP contribution in [0.2, 0.25) is 0 Å². The van der Waals surface area contributed by atoms with E-state index in [-0.39, 0.29) is 5.92 Å². The van der Waals surface area contributed by atoms with Crippen LogP contribution in [0.25, 0.3) is 0 Å². The lowest BCUT2D eigenvalue weighted by atomic mass is 9.80. The average molecular weight is 184 g/mol. The number of carbonyl (C=O) groups is 1. The SMILES string of the molecule is CCC1CCCCCCC1C(=O)O. The van der Waals surface area contributed by atoms with Crippen molar-refractivity contribution < 1.29 is 9.90 Å². The average Bonchev–Trinajstić information content (AvgIpc) is 2.03. The van der Waals surface area contributed by atoms with E-state index in [4.69, 9.17) is 5.11 Å². The van der Waals surface area contributed by atoms with Crippen molar-refractivity contribution in [3.8, 4) is 0 Å². The molecule has 2 heteroatoms. The zero-order chi connectivity index (χ0) is 9.68. The molecule has 0 spiro atoms. The van der Waals surface area contributed by atoms with E-state index in [1.165, 1.54) is 19.3 Å². The quantitative estimate of drug-likeness (QED) is 0.716. The minimum atomic E-state index is -0.575. The smallest absolute Gasteiger partial charge is 0.306 e. The summed E-state index contributed by atoms with van der Waals surface area (Å²) in [5.74, 6) is -0.211. The van der Waals surface area contributed by atoms with E-state index >= 15 is 0 Å². The van der Waals surface area contributed by atoms with Crippen molar-refractivity contribution in [3.63, 3.8) is 0 Å². The Kier molecular flexibility index (Phi) is 4.26. The van der Waals surface area contributed by atoms with Gasteiger partial charge in [-0.1, -0.05) is 39.0 Å². The van der Waals surface area contributed by atoms with Gasteiger partial charge in [0, 0.05) is 0 Å². The van der Waals surface area contributed by atoms with Gasteiger partial charge >= 0.3 is 5.97 Å². The molecule has 0 saturated heterocycles. The molecule has 0 heterocycles. The summed E-state index contributed by atoms with van der Waals surface area (Å²) in [6.07, 6.45) is 7.89. The second kappa shape index (κ2) is 5.25. The van der Waals surface area contributed by atoms with Crippen LogP contribution in [0.4, 0.5) is 0 Å². The molecule has 1 rings (SSSR count). The summed E-state index contributed by atoms with van der Waals surface area (Å²) >= 11 is 0. The standard InChI is InChI=1S/C11H20O2/c1-2-9-7-5-3-4-6-8-10(9)11(12)13/h9-10H,2-8H2,1H3,(H,12,13). The van der Waals surface area contributed by atoms with E-state index in [2.05, 4.69) is 6.92 Å². The Bertz CT molecular complexity index is 165. The van der Waals surface area contributed by atoms with Gasteiger partial charge < -0.3 is 5.11 Å². The van der Waals surface area contributed by atoms with Gasteiger partial charge in [0.2, 0.25) is 0 Å². The van der Waals surface area contributed by atoms with Gasteiger partial charge in [-0.05, 0) is 18.8 Å². The highest BCUT2D eigenvalue weighted by molar-refractivity contribution is 5.70. The molecule has 2 unspecified atom stereocenters. The molecule has 2 atom stereocenters. The molecule has 1 aliphatic rings. The largest absolute Gasteiger partial charge is 0.481 e. The zero-order valence-electron chi connectivity index (χ0n) is 8.46. The third kappa shape index (κ3) is 3.02. The van der Waals surface area contributed by atoms with Gasteiger partial charge in [0.05, 0.1) is 5.92 Å². The van der Waals surface area contributed by atoms with Crippen LogP contribution in [0.15, 0.2) is 0 Å². The summed E-state index contributed by atoms with van der Waals surface area (Å²) in [5, 5.41) is 9.06. The lowest BCUT2D eigenvalue weighted by Crippen LogP contribution is -2.24. The van der Waals surface area contributed by atoms with Gasteiger partial charge in [0.25, 0.3) is 0 Å². The Morgan fingerprint density at radius 1 is 1.23 bits per heavy atom. The molecule has 1 saturated carbocycles. The lowest BCUT2D eigenvalue weighted by molar-refractivity contribution is -0.144. The Labute approximate surface area is 80.3 Å². The fraction of sp³-hybridized carbons (Fsp3) is 0.909. The molecule has 1 fully saturated rings. The van der Waals surface area contributed by atoms with Crippen LogP contribution in [0, 0.1) is 11.8 Å². The molecule has 0 bridgehead atoms. The summed E-state index contributed by atoms with van der Waals surface area (Å²) < 4.78 is 0. The fourth-order valence-electron chi connectivity index (χ4n) is 2.37. The van der Waals surface area contributed by atoms with E-state index in [1.807, 2.05) is 0 Å². The second-order valence-electron chi connectivity index (χ2n) is 4.10. The summed E-state index contributed by atoms with van der Waals surface area (Å²) in [6.45, 7) is 2.11. The Morgan fingerprint density at radius 2 is 1.85 bits per heavy atom. The predicted octanol–water partition coefficient (Wildman–Crippen LogP) is 3.07. The highest BCUT2D eigenvalue weighted by Gasteiger charge is 2.26. The maximum Gasteiger partial charge on any atom is 0.306 e. The monoisotopic (exact) mass is 184 g/mol. The Hall–Kier alpha value is -0.530. The molecular formula is C11H20O2. The molecule has 0 aromatic heterocycles. The predicted molar refractivity (Wildman–Crippen MR) is 52.6 cm³/mol. The first-order chi connectivity index (χ1) is 6.25. The van der Waals surface area contributed by atoms with Gasteiger partial charge in [0.15, 0.2) is 0 Å². The summed E-state index contributed by atoms with van der Waals surface area (Å²) in [7, 11) is 0. The molecule has 1 aliphatic carbocycles. The van der Waals surface area contributed by atoms with Crippen LogP contribution in [0.5, 0.6) is 0 Å². The van der Waals surface area contributed by atoms with Crippen LogP contribution >= 0.6 is 0 Å². The van der Waals surface area contributed by atoms with Gasteiger partial charge in [-0.2, -0.15) is 0 Å². The Morgan fingerprint density at radius 3 is 2.38 bits per heavy atom. The maximum absolute atomic E-state index is 11.0. The van der Waals surface area contributed by atoms with Crippen LogP contribution in [0.1, 0.15) is 51.9 Å². The van der Waals surface area contributed by atoms with Crippen molar-refractivity contribution in [1.82, 2.24) is 0 Å².